The summed E-state index contributed by atoms with van der Waals surface area (Å²) in [7, 11) is 0. The third kappa shape index (κ3) is 4.34. The van der Waals surface area contributed by atoms with Crippen molar-refractivity contribution in [3.63, 3.8) is 0 Å². The predicted molar refractivity (Wildman–Crippen MR) is 74.6 cm³/mol. The van der Waals surface area contributed by atoms with E-state index >= 15 is 0 Å². The Balaban J connectivity index is 2.81. The number of rotatable bonds is 8. The van der Waals surface area contributed by atoms with Crippen molar-refractivity contribution >= 4 is 23.2 Å². The lowest BCUT2D eigenvalue weighted by molar-refractivity contribution is -0.383. The van der Waals surface area contributed by atoms with Gasteiger partial charge in [0.25, 0.3) is 0 Å². The molecule has 20 heavy (non-hydrogen) atoms. The van der Waals surface area contributed by atoms with Gasteiger partial charge in [0.1, 0.15) is 6.33 Å². The van der Waals surface area contributed by atoms with Gasteiger partial charge in [-0.1, -0.05) is 6.92 Å². The van der Waals surface area contributed by atoms with Crippen molar-refractivity contribution in [3.05, 3.63) is 16.4 Å². The van der Waals surface area contributed by atoms with Crippen LogP contribution in [0.2, 0.25) is 0 Å². The van der Waals surface area contributed by atoms with Crippen molar-refractivity contribution in [2.24, 2.45) is 0 Å². The normalized spacial score (nSPS) is 9.90. The first-order valence-electron chi connectivity index (χ1n) is 6.33. The average molecular weight is 282 g/mol. The summed E-state index contributed by atoms with van der Waals surface area (Å²) in [4.78, 5) is 29.6. The summed E-state index contributed by atoms with van der Waals surface area (Å²) in [5.41, 5.74) is -0.266. The number of nitrogens with zero attached hydrogens (tertiary/aromatic N) is 3. The van der Waals surface area contributed by atoms with Crippen molar-refractivity contribution in [2.45, 2.75) is 20.3 Å². The zero-order valence-corrected chi connectivity index (χ0v) is 11.5. The number of carbonyl (C=O) groups is 1. The smallest absolute Gasteiger partial charge is 0.353 e. The van der Waals surface area contributed by atoms with Gasteiger partial charge in [-0.15, -0.1) is 0 Å². The quantitative estimate of drug-likeness (QED) is 0.475. The van der Waals surface area contributed by atoms with Crippen LogP contribution in [-0.2, 0) is 4.79 Å². The van der Waals surface area contributed by atoms with Crippen LogP contribution in [0.4, 0.5) is 17.3 Å². The molecule has 1 heterocycles. The number of hydrogen-bond acceptors (Lipinski definition) is 7. The minimum Gasteiger partial charge on any atom is -0.364 e. The molecule has 0 aliphatic carbocycles. The summed E-state index contributed by atoms with van der Waals surface area (Å²) < 4.78 is 0. The summed E-state index contributed by atoms with van der Waals surface area (Å²) in [6.45, 7) is 4.72. The molecule has 0 saturated carbocycles. The third-order valence-corrected chi connectivity index (χ3v) is 2.34. The first-order chi connectivity index (χ1) is 9.60. The maximum atomic E-state index is 11.5. The molecule has 1 aromatic heterocycles. The molecule has 110 valence electrons. The highest BCUT2D eigenvalue weighted by Crippen LogP contribution is 2.28. The SMILES string of the molecule is CCCNC(=O)CNc1ncnc(NCC)c1[N+](=O)[O-]. The summed E-state index contributed by atoms with van der Waals surface area (Å²) in [6, 6.07) is 0. The topological polar surface area (TPSA) is 122 Å². The molecule has 0 bridgehead atoms. The summed E-state index contributed by atoms with van der Waals surface area (Å²) in [6.07, 6.45) is 2.03. The highest BCUT2D eigenvalue weighted by Gasteiger charge is 2.22. The Labute approximate surface area is 116 Å². The second kappa shape index (κ2) is 7.87. The zero-order chi connectivity index (χ0) is 15.0. The van der Waals surface area contributed by atoms with Crippen molar-refractivity contribution in [1.82, 2.24) is 15.3 Å². The Morgan fingerprint density at radius 1 is 1.30 bits per heavy atom. The van der Waals surface area contributed by atoms with E-state index in [1.54, 1.807) is 6.92 Å². The van der Waals surface area contributed by atoms with E-state index < -0.39 is 4.92 Å². The first-order valence-corrected chi connectivity index (χ1v) is 6.33. The standard InChI is InChI=1S/C11H18N6O3/c1-3-5-13-8(18)6-14-11-9(17(19)20)10(12-4-2)15-7-16-11/h7H,3-6H2,1-2H3,(H,13,18)(H2,12,14,15,16). The van der Waals surface area contributed by atoms with E-state index in [4.69, 9.17) is 0 Å². The van der Waals surface area contributed by atoms with E-state index in [1.807, 2.05) is 6.92 Å². The second-order valence-corrected chi connectivity index (χ2v) is 3.91. The Morgan fingerprint density at radius 3 is 2.50 bits per heavy atom. The highest BCUT2D eigenvalue weighted by atomic mass is 16.6. The van der Waals surface area contributed by atoms with Crippen LogP contribution >= 0.6 is 0 Å². The molecule has 0 radical (unpaired) electrons. The molecule has 0 spiro atoms. The van der Waals surface area contributed by atoms with Crippen LogP contribution in [0, 0.1) is 10.1 Å². The maximum Gasteiger partial charge on any atom is 0.353 e. The van der Waals surface area contributed by atoms with Crippen molar-refractivity contribution < 1.29 is 9.72 Å². The number of aromatic nitrogens is 2. The van der Waals surface area contributed by atoms with Gasteiger partial charge in [0.2, 0.25) is 17.5 Å². The number of carbonyl (C=O) groups excluding carboxylic acids is 1. The molecule has 1 rings (SSSR count). The van der Waals surface area contributed by atoms with Gasteiger partial charge in [-0.3, -0.25) is 14.9 Å². The molecule has 0 aliphatic rings. The molecule has 1 amide bonds. The minimum absolute atomic E-state index is 0.0209. The summed E-state index contributed by atoms with van der Waals surface area (Å²) in [5.74, 6) is -0.0960. The Bertz CT molecular complexity index is 479. The fourth-order valence-electron chi connectivity index (χ4n) is 1.47. The number of amides is 1. The van der Waals surface area contributed by atoms with Crippen molar-refractivity contribution in [1.29, 1.82) is 0 Å². The Morgan fingerprint density at radius 2 is 1.95 bits per heavy atom. The molecule has 0 aromatic carbocycles. The van der Waals surface area contributed by atoms with Crippen LogP contribution in [0.25, 0.3) is 0 Å². The molecule has 0 saturated heterocycles. The molecule has 0 unspecified atom stereocenters. The lowest BCUT2D eigenvalue weighted by Crippen LogP contribution is -2.30. The van der Waals surface area contributed by atoms with Crippen LogP contribution in [-0.4, -0.2) is 40.4 Å². The van der Waals surface area contributed by atoms with Gasteiger partial charge < -0.3 is 16.0 Å². The minimum atomic E-state index is -0.579. The fraction of sp³-hybridized carbons (Fsp3) is 0.545. The van der Waals surface area contributed by atoms with Gasteiger partial charge in [0.05, 0.1) is 11.5 Å². The van der Waals surface area contributed by atoms with Gasteiger partial charge in [-0.2, -0.15) is 0 Å². The molecule has 0 aliphatic heterocycles. The fourth-order valence-corrected chi connectivity index (χ4v) is 1.47. The average Bonchev–Trinajstić information content (AvgIpc) is 2.43. The highest BCUT2D eigenvalue weighted by molar-refractivity contribution is 5.82. The third-order valence-electron chi connectivity index (χ3n) is 2.34. The molecular formula is C11H18N6O3. The van der Waals surface area contributed by atoms with Gasteiger partial charge in [-0.25, -0.2) is 9.97 Å². The van der Waals surface area contributed by atoms with E-state index in [9.17, 15) is 14.9 Å². The van der Waals surface area contributed by atoms with E-state index in [0.717, 1.165) is 6.42 Å². The molecule has 0 fully saturated rings. The number of hydrogen-bond donors (Lipinski definition) is 3. The number of anilines is 2. The number of nitro groups is 1. The molecule has 1 aromatic rings. The van der Waals surface area contributed by atoms with Crippen LogP contribution < -0.4 is 16.0 Å². The van der Waals surface area contributed by atoms with Crippen LogP contribution in [0.1, 0.15) is 20.3 Å². The zero-order valence-electron chi connectivity index (χ0n) is 11.5. The monoisotopic (exact) mass is 282 g/mol. The molecular weight excluding hydrogens is 264 g/mol. The summed E-state index contributed by atoms with van der Waals surface area (Å²) >= 11 is 0. The van der Waals surface area contributed by atoms with Gasteiger partial charge in [0, 0.05) is 13.1 Å². The van der Waals surface area contributed by atoms with E-state index in [1.165, 1.54) is 6.33 Å². The summed E-state index contributed by atoms with van der Waals surface area (Å²) in [5, 5.41) is 19.2. The molecule has 0 atom stereocenters. The van der Waals surface area contributed by atoms with Crippen LogP contribution in [0.3, 0.4) is 0 Å². The van der Waals surface area contributed by atoms with E-state index in [2.05, 4.69) is 25.9 Å². The van der Waals surface area contributed by atoms with Crippen molar-refractivity contribution in [2.75, 3.05) is 30.3 Å². The first kappa shape index (κ1) is 15.6. The maximum absolute atomic E-state index is 11.5. The predicted octanol–water partition coefficient (Wildman–Crippen LogP) is 0.755. The second-order valence-electron chi connectivity index (χ2n) is 3.91. The lowest BCUT2D eigenvalue weighted by atomic mass is 10.4. The lowest BCUT2D eigenvalue weighted by Gasteiger charge is -2.09. The van der Waals surface area contributed by atoms with E-state index in [-0.39, 0.29) is 29.8 Å². The molecule has 9 nitrogen and oxygen atoms in total. The van der Waals surface area contributed by atoms with Crippen LogP contribution in [0.15, 0.2) is 6.33 Å². The largest absolute Gasteiger partial charge is 0.364 e. The number of nitrogens with one attached hydrogen (secondary N) is 3. The van der Waals surface area contributed by atoms with Crippen molar-refractivity contribution in [3.8, 4) is 0 Å². The van der Waals surface area contributed by atoms with Gasteiger partial charge in [-0.05, 0) is 13.3 Å². The van der Waals surface area contributed by atoms with E-state index in [0.29, 0.717) is 13.1 Å². The van der Waals surface area contributed by atoms with Gasteiger partial charge >= 0.3 is 5.69 Å². The van der Waals surface area contributed by atoms with Crippen LogP contribution in [0.5, 0.6) is 0 Å². The Hall–Kier alpha value is -2.45. The Kier molecular flexibility index (Phi) is 6.14. The molecule has 9 heteroatoms. The molecule has 3 N–H and O–H groups in total. The van der Waals surface area contributed by atoms with Gasteiger partial charge in [0.15, 0.2) is 0 Å².